The topological polar surface area (TPSA) is 61.5 Å². The van der Waals surface area contributed by atoms with Gasteiger partial charge in [-0.25, -0.2) is 4.79 Å². The van der Waals surface area contributed by atoms with Crippen LogP contribution in [-0.4, -0.2) is 13.1 Å². The van der Waals surface area contributed by atoms with E-state index in [1.807, 2.05) is 24.3 Å². The lowest BCUT2D eigenvalue weighted by molar-refractivity contribution is 0.0601. The number of methoxy groups -OCH3 is 1. The Labute approximate surface area is 125 Å². The smallest absolute Gasteiger partial charge is 0.340 e. The second-order valence-corrected chi connectivity index (χ2v) is 5.04. The van der Waals surface area contributed by atoms with Crippen LogP contribution in [0.4, 0.5) is 5.69 Å². The first kappa shape index (κ1) is 14.4. The number of carbonyl (C=O) groups is 1. The summed E-state index contributed by atoms with van der Waals surface area (Å²) in [5.74, 6) is -0.00703. The molecule has 0 spiro atoms. The van der Waals surface area contributed by atoms with Gasteiger partial charge in [-0.1, -0.05) is 34.1 Å². The second kappa shape index (κ2) is 6.43. The highest BCUT2D eigenvalue weighted by Gasteiger charge is 2.13. The summed E-state index contributed by atoms with van der Waals surface area (Å²) in [5, 5.41) is 0. The Morgan fingerprint density at radius 2 is 1.90 bits per heavy atom. The van der Waals surface area contributed by atoms with Gasteiger partial charge in [-0.3, -0.25) is 0 Å². The number of hydrogen-bond acceptors (Lipinski definition) is 4. The van der Waals surface area contributed by atoms with Crippen LogP contribution in [0.15, 0.2) is 46.9 Å². The fraction of sp³-hybridized carbons (Fsp3) is 0.133. The molecule has 20 heavy (non-hydrogen) atoms. The minimum absolute atomic E-state index is 0.288. The Morgan fingerprint density at radius 3 is 2.55 bits per heavy atom. The zero-order chi connectivity index (χ0) is 14.5. The third kappa shape index (κ3) is 3.30. The van der Waals surface area contributed by atoms with E-state index < -0.39 is 5.97 Å². The average molecular weight is 336 g/mol. The van der Waals surface area contributed by atoms with E-state index in [1.54, 1.807) is 18.2 Å². The molecule has 2 rings (SSSR count). The van der Waals surface area contributed by atoms with Gasteiger partial charge in [0.25, 0.3) is 0 Å². The van der Waals surface area contributed by atoms with Gasteiger partial charge in [0.05, 0.1) is 18.4 Å². The Kier molecular flexibility index (Phi) is 4.63. The molecular formula is C15H14BrNO3. The highest BCUT2D eigenvalue weighted by Crippen LogP contribution is 2.26. The molecule has 0 radical (unpaired) electrons. The number of nitrogen functional groups attached to an aromatic ring is 1. The zero-order valence-electron chi connectivity index (χ0n) is 10.9. The first-order valence-electron chi connectivity index (χ1n) is 5.96. The van der Waals surface area contributed by atoms with E-state index in [4.69, 9.17) is 10.5 Å². The molecular weight excluding hydrogens is 322 g/mol. The maximum atomic E-state index is 11.5. The zero-order valence-corrected chi connectivity index (χ0v) is 12.5. The maximum absolute atomic E-state index is 11.5. The molecule has 5 heteroatoms. The molecule has 0 fully saturated rings. The molecule has 2 aromatic carbocycles. The minimum Gasteiger partial charge on any atom is -0.487 e. The molecule has 0 heterocycles. The number of rotatable bonds is 4. The van der Waals surface area contributed by atoms with Gasteiger partial charge in [0, 0.05) is 4.47 Å². The van der Waals surface area contributed by atoms with E-state index in [2.05, 4.69) is 20.7 Å². The maximum Gasteiger partial charge on any atom is 0.340 e. The van der Waals surface area contributed by atoms with Gasteiger partial charge in [0.15, 0.2) is 0 Å². The third-order valence-electron chi connectivity index (χ3n) is 2.78. The summed E-state index contributed by atoms with van der Waals surface area (Å²) >= 11 is 3.37. The van der Waals surface area contributed by atoms with Crippen molar-refractivity contribution in [2.24, 2.45) is 0 Å². The SMILES string of the molecule is COC(=O)c1cccc(OCc2ccc(Br)cc2)c1N. The fourth-order valence-corrected chi connectivity index (χ4v) is 1.96. The largest absolute Gasteiger partial charge is 0.487 e. The molecule has 0 aliphatic heterocycles. The van der Waals surface area contributed by atoms with Crippen LogP contribution in [0.2, 0.25) is 0 Å². The Bertz CT molecular complexity index is 611. The second-order valence-electron chi connectivity index (χ2n) is 4.12. The number of para-hydroxylation sites is 1. The lowest BCUT2D eigenvalue weighted by Gasteiger charge is -2.11. The van der Waals surface area contributed by atoms with Crippen molar-refractivity contribution >= 4 is 27.6 Å². The van der Waals surface area contributed by atoms with Crippen molar-refractivity contribution in [3.05, 3.63) is 58.1 Å². The number of hydrogen-bond donors (Lipinski definition) is 1. The van der Waals surface area contributed by atoms with Gasteiger partial charge in [-0.05, 0) is 29.8 Å². The van der Waals surface area contributed by atoms with Crippen molar-refractivity contribution in [2.75, 3.05) is 12.8 Å². The van der Waals surface area contributed by atoms with E-state index in [9.17, 15) is 4.79 Å². The molecule has 0 aliphatic carbocycles. The number of esters is 1. The molecule has 4 nitrogen and oxygen atoms in total. The lowest BCUT2D eigenvalue weighted by atomic mass is 10.1. The van der Waals surface area contributed by atoms with E-state index >= 15 is 0 Å². The minimum atomic E-state index is -0.475. The highest BCUT2D eigenvalue weighted by molar-refractivity contribution is 9.10. The summed E-state index contributed by atoms with van der Waals surface area (Å²) in [6.45, 7) is 0.377. The molecule has 2 N–H and O–H groups in total. The van der Waals surface area contributed by atoms with Gasteiger partial charge >= 0.3 is 5.97 Å². The van der Waals surface area contributed by atoms with Crippen LogP contribution < -0.4 is 10.5 Å². The molecule has 0 unspecified atom stereocenters. The molecule has 0 amide bonds. The highest BCUT2D eigenvalue weighted by atomic mass is 79.9. The van der Waals surface area contributed by atoms with Crippen molar-refractivity contribution in [3.63, 3.8) is 0 Å². The van der Waals surface area contributed by atoms with E-state index in [1.165, 1.54) is 7.11 Å². The van der Waals surface area contributed by atoms with E-state index in [0.29, 0.717) is 17.9 Å². The number of anilines is 1. The Balaban J connectivity index is 2.13. The summed E-state index contributed by atoms with van der Waals surface area (Å²) < 4.78 is 11.3. The van der Waals surface area contributed by atoms with Crippen molar-refractivity contribution < 1.29 is 14.3 Å². The number of benzene rings is 2. The first-order chi connectivity index (χ1) is 9.61. The molecule has 0 saturated carbocycles. The van der Waals surface area contributed by atoms with E-state index in [-0.39, 0.29) is 5.69 Å². The van der Waals surface area contributed by atoms with Gasteiger partial charge in [-0.2, -0.15) is 0 Å². The molecule has 0 atom stereocenters. The van der Waals surface area contributed by atoms with Gasteiger partial charge in [-0.15, -0.1) is 0 Å². The summed E-state index contributed by atoms with van der Waals surface area (Å²) in [5.41, 5.74) is 7.52. The van der Waals surface area contributed by atoms with Crippen LogP contribution in [0.25, 0.3) is 0 Å². The van der Waals surface area contributed by atoms with Crippen LogP contribution in [0.5, 0.6) is 5.75 Å². The van der Waals surface area contributed by atoms with Gasteiger partial charge in [0.1, 0.15) is 12.4 Å². The molecule has 104 valence electrons. The predicted molar refractivity (Wildman–Crippen MR) is 80.7 cm³/mol. The first-order valence-corrected chi connectivity index (χ1v) is 6.75. The Morgan fingerprint density at radius 1 is 1.20 bits per heavy atom. The molecule has 0 bridgehead atoms. The number of carbonyl (C=O) groups excluding carboxylic acids is 1. The predicted octanol–water partition coefficient (Wildman–Crippen LogP) is 3.40. The molecule has 0 saturated heterocycles. The van der Waals surface area contributed by atoms with Crippen molar-refractivity contribution in [1.82, 2.24) is 0 Å². The van der Waals surface area contributed by atoms with Crippen LogP contribution in [-0.2, 0) is 11.3 Å². The number of halogens is 1. The van der Waals surface area contributed by atoms with Crippen molar-refractivity contribution in [2.45, 2.75) is 6.61 Å². The molecule has 2 aromatic rings. The summed E-state index contributed by atoms with van der Waals surface area (Å²) in [6.07, 6.45) is 0. The number of ether oxygens (including phenoxy) is 2. The van der Waals surface area contributed by atoms with Crippen molar-refractivity contribution in [3.8, 4) is 5.75 Å². The number of nitrogens with two attached hydrogens (primary N) is 1. The Hall–Kier alpha value is -2.01. The van der Waals surface area contributed by atoms with Gasteiger partial charge in [0.2, 0.25) is 0 Å². The summed E-state index contributed by atoms with van der Waals surface area (Å²) in [7, 11) is 1.32. The average Bonchev–Trinajstić information content (AvgIpc) is 2.47. The standard InChI is InChI=1S/C15H14BrNO3/c1-19-15(18)12-3-2-4-13(14(12)17)20-9-10-5-7-11(16)8-6-10/h2-8H,9,17H2,1H3. The fourth-order valence-electron chi connectivity index (χ4n) is 1.70. The third-order valence-corrected chi connectivity index (χ3v) is 3.31. The van der Waals surface area contributed by atoms with Crippen LogP contribution >= 0.6 is 15.9 Å². The van der Waals surface area contributed by atoms with Crippen LogP contribution in [0.1, 0.15) is 15.9 Å². The monoisotopic (exact) mass is 335 g/mol. The lowest BCUT2D eigenvalue weighted by Crippen LogP contribution is -2.07. The quantitative estimate of drug-likeness (QED) is 0.687. The molecule has 0 aromatic heterocycles. The van der Waals surface area contributed by atoms with Gasteiger partial charge < -0.3 is 15.2 Å². The van der Waals surface area contributed by atoms with Crippen LogP contribution in [0.3, 0.4) is 0 Å². The summed E-state index contributed by atoms with van der Waals surface area (Å²) in [4.78, 5) is 11.5. The normalized spacial score (nSPS) is 10.1. The molecule has 0 aliphatic rings. The van der Waals surface area contributed by atoms with Crippen molar-refractivity contribution in [1.29, 1.82) is 0 Å². The summed E-state index contributed by atoms with van der Waals surface area (Å²) in [6, 6.07) is 12.8. The van der Waals surface area contributed by atoms with Crippen LogP contribution in [0, 0.1) is 0 Å². The van der Waals surface area contributed by atoms with E-state index in [0.717, 1.165) is 10.0 Å².